The quantitative estimate of drug-likeness (QED) is 0.903. The van der Waals surface area contributed by atoms with E-state index in [0.717, 1.165) is 11.1 Å². The first-order valence-corrected chi connectivity index (χ1v) is 9.59. The van der Waals surface area contributed by atoms with Crippen molar-refractivity contribution in [3.05, 3.63) is 60.2 Å². The first-order valence-electron chi connectivity index (χ1n) is 7.98. The molecule has 2 aromatic carbocycles. The summed E-state index contributed by atoms with van der Waals surface area (Å²) in [5.41, 5.74) is 2.43. The average molecular weight is 344 g/mol. The summed E-state index contributed by atoms with van der Waals surface area (Å²) < 4.78 is 25.0. The molecule has 1 saturated heterocycles. The molecule has 0 saturated carbocycles. The lowest BCUT2D eigenvalue weighted by Crippen LogP contribution is -2.36. The van der Waals surface area contributed by atoms with Crippen LogP contribution < -0.4 is 5.32 Å². The number of hydrogen-bond acceptors (Lipinski definition) is 3. The molecule has 2 aromatic rings. The van der Waals surface area contributed by atoms with Gasteiger partial charge in [0.1, 0.15) is 0 Å². The maximum Gasteiger partial charge on any atom is 0.251 e. The van der Waals surface area contributed by atoms with Crippen LogP contribution in [0.1, 0.15) is 16.8 Å². The molecular weight excluding hydrogens is 324 g/mol. The standard InChI is InChI=1S/C18H20N2O3S/c21-18(19-11-13-20-12-6-14-24(20,22)23)17-10-5-4-9-16(17)15-7-2-1-3-8-15/h1-5,7-10H,6,11-14H2,(H,19,21). The number of nitrogens with zero attached hydrogens (tertiary/aromatic N) is 1. The van der Waals surface area contributed by atoms with Crippen LogP contribution in [0.5, 0.6) is 0 Å². The Labute approximate surface area is 142 Å². The monoisotopic (exact) mass is 344 g/mol. The fourth-order valence-corrected chi connectivity index (χ4v) is 4.41. The average Bonchev–Trinajstić information content (AvgIpc) is 2.94. The van der Waals surface area contributed by atoms with Crippen LogP contribution in [0, 0.1) is 0 Å². The molecular formula is C18H20N2O3S. The van der Waals surface area contributed by atoms with Gasteiger partial charge in [0.15, 0.2) is 0 Å². The van der Waals surface area contributed by atoms with Crippen LogP contribution in [0.4, 0.5) is 0 Å². The largest absolute Gasteiger partial charge is 0.351 e. The van der Waals surface area contributed by atoms with E-state index in [2.05, 4.69) is 5.32 Å². The molecule has 0 aliphatic carbocycles. The van der Waals surface area contributed by atoms with Crippen LogP contribution >= 0.6 is 0 Å². The van der Waals surface area contributed by atoms with Gasteiger partial charge < -0.3 is 5.32 Å². The van der Waals surface area contributed by atoms with E-state index in [0.29, 0.717) is 31.6 Å². The van der Waals surface area contributed by atoms with Crippen molar-refractivity contribution in [2.75, 3.05) is 25.4 Å². The lowest BCUT2D eigenvalue weighted by molar-refractivity contribution is 0.0952. The molecule has 1 amide bonds. The van der Waals surface area contributed by atoms with Crippen molar-refractivity contribution in [1.29, 1.82) is 0 Å². The van der Waals surface area contributed by atoms with Gasteiger partial charge in [0.25, 0.3) is 5.91 Å². The molecule has 0 atom stereocenters. The number of carbonyl (C=O) groups is 1. The van der Waals surface area contributed by atoms with Crippen molar-refractivity contribution in [2.45, 2.75) is 6.42 Å². The number of nitrogens with one attached hydrogen (secondary N) is 1. The van der Waals surface area contributed by atoms with Crippen molar-refractivity contribution in [3.63, 3.8) is 0 Å². The molecule has 1 N–H and O–H groups in total. The van der Waals surface area contributed by atoms with Gasteiger partial charge in [-0.05, 0) is 23.6 Å². The minimum atomic E-state index is -3.12. The van der Waals surface area contributed by atoms with E-state index in [9.17, 15) is 13.2 Å². The van der Waals surface area contributed by atoms with Crippen LogP contribution in [0.3, 0.4) is 0 Å². The van der Waals surface area contributed by atoms with Crippen LogP contribution in [-0.2, 0) is 10.0 Å². The van der Waals surface area contributed by atoms with Gasteiger partial charge in [-0.2, -0.15) is 0 Å². The normalized spacial score (nSPS) is 16.8. The van der Waals surface area contributed by atoms with Gasteiger partial charge in [-0.3, -0.25) is 4.79 Å². The Morgan fingerprint density at radius 2 is 1.75 bits per heavy atom. The van der Waals surface area contributed by atoms with E-state index in [1.54, 1.807) is 6.07 Å². The SMILES string of the molecule is O=C(NCCN1CCCS1(=O)=O)c1ccccc1-c1ccccc1. The third kappa shape index (κ3) is 3.66. The highest BCUT2D eigenvalue weighted by atomic mass is 32.2. The number of amides is 1. The van der Waals surface area contributed by atoms with E-state index < -0.39 is 10.0 Å². The maximum absolute atomic E-state index is 12.5. The van der Waals surface area contributed by atoms with Gasteiger partial charge in [0, 0.05) is 25.2 Å². The van der Waals surface area contributed by atoms with Crippen LogP contribution in [0.2, 0.25) is 0 Å². The highest BCUT2D eigenvalue weighted by Gasteiger charge is 2.27. The second kappa shape index (κ2) is 7.15. The van der Waals surface area contributed by atoms with E-state index in [-0.39, 0.29) is 11.7 Å². The van der Waals surface area contributed by atoms with Gasteiger partial charge in [-0.15, -0.1) is 0 Å². The van der Waals surface area contributed by atoms with Crippen molar-refractivity contribution in [3.8, 4) is 11.1 Å². The third-order valence-electron chi connectivity index (χ3n) is 4.11. The van der Waals surface area contributed by atoms with E-state index >= 15 is 0 Å². The molecule has 1 heterocycles. The zero-order chi connectivity index (χ0) is 17.0. The number of hydrogen-bond donors (Lipinski definition) is 1. The van der Waals surface area contributed by atoms with Crippen molar-refractivity contribution < 1.29 is 13.2 Å². The molecule has 0 spiro atoms. The topological polar surface area (TPSA) is 66.5 Å². The second-order valence-electron chi connectivity index (χ2n) is 5.74. The maximum atomic E-state index is 12.5. The van der Waals surface area contributed by atoms with Gasteiger partial charge in [0.2, 0.25) is 10.0 Å². The first-order chi connectivity index (χ1) is 11.6. The van der Waals surface area contributed by atoms with Gasteiger partial charge >= 0.3 is 0 Å². The highest BCUT2D eigenvalue weighted by Crippen LogP contribution is 2.23. The van der Waals surface area contributed by atoms with Gasteiger partial charge in [0.05, 0.1) is 5.75 Å². The molecule has 6 heteroatoms. The summed E-state index contributed by atoms with van der Waals surface area (Å²) in [6.07, 6.45) is 0.660. The molecule has 0 radical (unpaired) electrons. The van der Waals surface area contributed by atoms with Crippen LogP contribution in [0.15, 0.2) is 54.6 Å². The molecule has 1 fully saturated rings. The molecule has 3 rings (SSSR count). The minimum Gasteiger partial charge on any atom is -0.351 e. The lowest BCUT2D eigenvalue weighted by Gasteiger charge is -2.15. The summed E-state index contributed by atoms with van der Waals surface area (Å²) in [7, 11) is -3.12. The van der Waals surface area contributed by atoms with Gasteiger partial charge in [-0.25, -0.2) is 12.7 Å². The summed E-state index contributed by atoms with van der Waals surface area (Å²) in [6, 6.07) is 17.1. The number of carbonyl (C=O) groups excluding carboxylic acids is 1. The van der Waals surface area contributed by atoms with E-state index in [4.69, 9.17) is 0 Å². The fourth-order valence-electron chi connectivity index (χ4n) is 2.88. The summed E-state index contributed by atoms with van der Waals surface area (Å²) in [4.78, 5) is 12.5. The van der Waals surface area contributed by atoms with Crippen molar-refractivity contribution >= 4 is 15.9 Å². The van der Waals surface area contributed by atoms with Crippen LogP contribution in [-0.4, -0.2) is 44.0 Å². The third-order valence-corrected chi connectivity index (χ3v) is 6.06. The smallest absolute Gasteiger partial charge is 0.251 e. The summed E-state index contributed by atoms with van der Waals surface area (Å²) in [5.74, 6) is 0.0173. The van der Waals surface area contributed by atoms with Crippen molar-refractivity contribution in [1.82, 2.24) is 9.62 Å². The van der Waals surface area contributed by atoms with Crippen molar-refractivity contribution in [2.24, 2.45) is 0 Å². The Morgan fingerprint density at radius 3 is 2.46 bits per heavy atom. The summed E-state index contributed by atoms with van der Waals surface area (Å²) in [5, 5.41) is 2.83. The van der Waals surface area contributed by atoms with Crippen LogP contribution in [0.25, 0.3) is 11.1 Å². The Bertz CT molecular complexity index is 819. The molecule has 126 valence electrons. The summed E-state index contributed by atoms with van der Waals surface area (Å²) in [6.45, 7) is 1.17. The van der Waals surface area contributed by atoms with E-state index in [1.165, 1.54) is 4.31 Å². The molecule has 1 aliphatic rings. The Morgan fingerprint density at radius 1 is 1.04 bits per heavy atom. The Hall–Kier alpha value is -2.18. The zero-order valence-corrected chi connectivity index (χ0v) is 14.1. The van der Waals surface area contributed by atoms with E-state index in [1.807, 2.05) is 48.5 Å². The second-order valence-corrected chi connectivity index (χ2v) is 7.82. The number of sulfonamides is 1. The first kappa shape index (κ1) is 16.7. The molecule has 5 nitrogen and oxygen atoms in total. The summed E-state index contributed by atoms with van der Waals surface area (Å²) >= 11 is 0. The van der Waals surface area contributed by atoms with Gasteiger partial charge in [-0.1, -0.05) is 48.5 Å². The molecule has 24 heavy (non-hydrogen) atoms. The lowest BCUT2D eigenvalue weighted by atomic mass is 9.99. The molecule has 0 unspecified atom stereocenters. The molecule has 0 aromatic heterocycles. The predicted molar refractivity (Wildman–Crippen MR) is 94.2 cm³/mol. The fraction of sp³-hybridized carbons (Fsp3) is 0.278. The molecule has 1 aliphatic heterocycles. The Kier molecular flexibility index (Phi) is 4.97. The number of rotatable bonds is 5. The Balaban J connectivity index is 1.68. The minimum absolute atomic E-state index is 0.189. The predicted octanol–water partition coefficient (Wildman–Crippen LogP) is 2.12. The highest BCUT2D eigenvalue weighted by molar-refractivity contribution is 7.89. The zero-order valence-electron chi connectivity index (χ0n) is 13.3. The molecule has 0 bridgehead atoms. The number of benzene rings is 2.